The van der Waals surface area contributed by atoms with Crippen molar-refractivity contribution in [2.45, 2.75) is 13.5 Å². The summed E-state index contributed by atoms with van der Waals surface area (Å²) < 4.78 is 5.46. The molecule has 0 fully saturated rings. The highest BCUT2D eigenvalue weighted by Crippen LogP contribution is 2.35. The average molecular weight is 266 g/mol. The molecule has 0 saturated carbocycles. The van der Waals surface area contributed by atoms with Crippen molar-refractivity contribution in [3.8, 4) is 17.0 Å². The molecule has 2 aromatic rings. The highest BCUT2D eigenvalue weighted by molar-refractivity contribution is 6.31. The number of hydrogen-bond donors (Lipinski definition) is 2. The lowest BCUT2D eigenvalue weighted by Crippen LogP contribution is -2.06. The quantitative estimate of drug-likeness (QED) is 0.894. The number of aromatic nitrogens is 2. The normalized spacial score (nSPS) is 10.7. The lowest BCUT2D eigenvalue weighted by atomic mass is 10.1. The molecule has 1 aromatic heterocycles. The van der Waals surface area contributed by atoms with Crippen molar-refractivity contribution in [3.63, 3.8) is 0 Å². The van der Waals surface area contributed by atoms with Gasteiger partial charge >= 0.3 is 0 Å². The highest BCUT2D eigenvalue weighted by atomic mass is 35.5. The van der Waals surface area contributed by atoms with Crippen LogP contribution in [0.1, 0.15) is 11.3 Å². The summed E-state index contributed by atoms with van der Waals surface area (Å²) in [6.07, 6.45) is 1.68. The molecule has 18 heavy (non-hydrogen) atoms. The fourth-order valence-electron chi connectivity index (χ4n) is 2.04. The second kappa shape index (κ2) is 5.42. The predicted octanol–water partition coefficient (Wildman–Crippen LogP) is 2.77. The number of H-pyrrole nitrogens is 1. The van der Waals surface area contributed by atoms with Gasteiger partial charge in [0.15, 0.2) is 0 Å². The van der Waals surface area contributed by atoms with Gasteiger partial charge in [-0.15, -0.1) is 0 Å². The third kappa shape index (κ3) is 2.35. The lowest BCUT2D eigenvalue weighted by molar-refractivity contribution is 0.413. The molecule has 1 aromatic carbocycles. The molecule has 0 atom stereocenters. The standard InChI is InChI=1S/C13H16ClN3O/c1-8-4-9(14)5-10(13(8)18-3)12-11(6-15-2)16-7-17-12/h4-5,7,15H,6H2,1-3H3,(H,16,17). The van der Waals surface area contributed by atoms with Gasteiger partial charge < -0.3 is 15.0 Å². The van der Waals surface area contributed by atoms with Gasteiger partial charge in [0.2, 0.25) is 0 Å². The number of rotatable bonds is 4. The van der Waals surface area contributed by atoms with Crippen molar-refractivity contribution in [1.82, 2.24) is 15.3 Å². The SMILES string of the molecule is CNCc1[nH]cnc1-c1cc(Cl)cc(C)c1OC. The van der Waals surface area contributed by atoms with Gasteiger partial charge in [-0.3, -0.25) is 0 Å². The topological polar surface area (TPSA) is 49.9 Å². The van der Waals surface area contributed by atoms with Crippen LogP contribution in [-0.2, 0) is 6.54 Å². The zero-order valence-electron chi connectivity index (χ0n) is 10.7. The maximum Gasteiger partial charge on any atom is 0.131 e. The molecule has 0 unspecified atom stereocenters. The number of imidazole rings is 1. The first-order valence-corrected chi connectivity index (χ1v) is 6.06. The Hall–Kier alpha value is -1.52. The van der Waals surface area contributed by atoms with Gasteiger partial charge in [-0.1, -0.05) is 11.6 Å². The molecule has 0 aliphatic carbocycles. The molecule has 96 valence electrons. The third-order valence-electron chi connectivity index (χ3n) is 2.77. The summed E-state index contributed by atoms with van der Waals surface area (Å²) in [7, 11) is 3.55. The van der Waals surface area contributed by atoms with E-state index >= 15 is 0 Å². The number of methoxy groups -OCH3 is 1. The van der Waals surface area contributed by atoms with E-state index in [1.807, 2.05) is 26.1 Å². The summed E-state index contributed by atoms with van der Waals surface area (Å²) in [4.78, 5) is 7.48. The van der Waals surface area contributed by atoms with Crippen molar-refractivity contribution in [2.24, 2.45) is 0 Å². The van der Waals surface area contributed by atoms with Crippen LogP contribution >= 0.6 is 11.6 Å². The molecule has 1 heterocycles. The summed E-state index contributed by atoms with van der Waals surface area (Å²) in [5, 5.41) is 3.78. The van der Waals surface area contributed by atoms with Crippen LogP contribution in [-0.4, -0.2) is 24.1 Å². The van der Waals surface area contributed by atoms with Gasteiger partial charge in [-0.05, 0) is 31.7 Å². The van der Waals surface area contributed by atoms with E-state index in [1.165, 1.54) is 0 Å². The Labute approximate surface area is 111 Å². The minimum Gasteiger partial charge on any atom is -0.496 e. The van der Waals surface area contributed by atoms with E-state index in [9.17, 15) is 0 Å². The molecule has 2 rings (SSSR count). The van der Waals surface area contributed by atoms with Gasteiger partial charge in [0.25, 0.3) is 0 Å². The van der Waals surface area contributed by atoms with Crippen molar-refractivity contribution >= 4 is 11.6 Å². The Morgan fingerprint density at radius 3 is 2.89 bits per heavy atom. The van der Waals surface area contributed by atoms with Gasteiger partial charge in [-0.2, -0.15) is 0 Å². The number of hydrogen-bond acceptors (Lipinski definition) is 3. The van der Waals surface area contributed by atoms with E-state index in [-0.39, 0.29) is 0 Å². The molecule has 0 aliphatic rings. The Balaban J connectivity index is 2.58. The Morgan fingerprint density at radius 1 is 1.44 bits per heavy atom. The first-order valence-electron chi connectivity index (χ1n) is 5.68. The van der Waals surface area contributed by atoms with Gasteiger partial charge in [0.05, 0.1) is 24.8 Å². The Bertz CT molecular complexity index is 551. The number of benzene rings is 1. The van der Waals surface area contributed by atoms with Crippen molar-refractivity contribution in [3.05, 3.63) is 34.7 Å². The Morgan fingerprint density at radius 2 is 2.22 bits per heavy atom. The molecule has 2 N–H and O–H groups in total. The number of nitrogens with zero attached hydrogens (tertiary/aromatic N) is 1. The molecule has 0 radical (unpaired) electrons. The van der Waals surface area contributed by atoms with Gasteiger partial charge in [0, 0.05) is 17.1 Å². The monoisotopic (exact) mass is 265 g/mol. The summed E-state index contributed by atoms with van der Waals surface area (Å²) in [5.41, 5.74) is 3.79. The summed E-state index contributed by atoms with van der Waals surface area (Å²) in [6, 6.07) is 3.76. The Kier molecular flexibility index (Phi) is 3.89. The fourth-order valence-corrected chi connectivity index (χ4v) is 2.31. The zero-order valence-corrected chi connectivity index (χ0v) is 11.4. The van der Waals surface area contributed by atoms with Crippen molar-refractivity contribution in [2.75, 3.05) is 14.2 Å². The number of aryl methyl sites for hydroxylation is 1. The average Bonchev–Trinajstić information content (AvgIpc) is 2.76. The van der Waals surface area contributed by atoms with E-state index in [0.717, 1.165) is 28.3 Å². The smallest absolute Gasteiger partial charge is 0.131 e. The molecular weight excluding hydrogens is 250 g/mol. The van der Waals surface area contributed by atoms with Crippen molar-refractivity contribution in [1.29, 1.82) is 0 Å². The van der Waals surface area contributed by atoms with Gasteiger partial charge in [-0.25, -0.2) is 4.98 Å². The molecular formula is C13H16ClN3O. The first kappa shape index (κ1) is 12.9. The van der Waals surface area contributed by atoms with Crippen molar-refractivity contribution < 1.29 is 4.74 Å². The van der Waals surface area contributed by atoms with Crippen LogP contribution in [0.2, 0.25) is 5.02 Å². The number of ether oxygens (including phenoxy) is 1. The van der Waals surface area contributed by atoms with Crippen LogP contribution in [0.3, 0.4) is 0 Å². The van der Waals surface area contributed by atoms with E-state index in [2.05, 4.69) is 15.3 Å². The molecule has 0 bridgehead atoms. The van der Waals surface area contributed by atoms with E-state index < -0.39 is 0 Å². The summed E-state index contributed by atoms with van der Waals surface area (Å²) in [6.45, 7) is 2.68. The molecule has 0 saturated heterocycles. The molecule has 4 nitrogen and oxygen atoms in total. The number of halogens is 1. The third-order valence-corrected chi connectivity index (χ3v) is 2.99. The van der Waals surface area contributed by atoms with Crippen LogP contribution in [0.4, 0.5) is 0 Å². The highest BCUT2D eigenvalue weighted by Gasteiger charge is 2.15. The number of aromatic amines is 1. The van der Waals surface area contributed by atoms with E-state index in [0.29, 0.717) is 11.6 Å². The predicted molar refractivity (Wildman–Crippen MR) is 73.1 cm³/mol. The van der Waals surface area contributed by atoms with E-state index in [4.69, 9.17) is 16.3 Å². The second-order valence-electron chi connectivity index (χ2n) is 4.06. The molecule has 0 aliphatic heterocycles. The number of nitrogens with one attached hydrogen (secondary N) is 2. The van der Waals surface area contributed by atoms with Crippen LogP contribution in [0.5, 0.6) is 5.75 Å². The second-order valence-corrected chi connectivity index (χ2v) is 4.50. The minimum absolute atomic E-state index is 0.682. The summed E-state index contributed by atoms with van der Waals surface area (Å²) >= 11 is 6.12. The minimum atomic E-state index is 0.682. The molecule has 0 spiro atoms. The molecule has 5 heteroatoms. The largest absolute Gasteiger partial charge is 0.496 e. The van der Waals surface area contributed by atoms with E-state index in [1.54, 1.807) is 13.4 Å². The lowest BCUT2D eigenvalue weighted by Gasteiger charge is -2.12. The summed E-state index contributed by atoms with van der Waals surface area (Å²) in [5.74, 6) is 0.809. The van der Waals surface area contributed by atoms with Gasteiger partial charge in [0.1, 0.15) is 5.75 Å². The van der Waals surface area contributed by atoms with Crippen LogP contribution in [0.25, 0.3) is 11.3 Å². The maximum atomic E-state index is 6.12. The first-order chi connectivity index (χ1) is 8.67. The zero-order chi connectivity index (χ0) is 13.1. The molecule has 0 amide bonds. The van der Waals surface area contributed by atoms with Crippen LogP contribution < -0.4 is 10.1 Å². The maximum absolute atomic E-state index is 6.12. The van der Waals surface area contributed by atoms with Crippen LogP contribution in [0.15, 0.2) is 18.5 Å². The van der Waals surface area contributed by atoms with Crippen LogP contribution in [0, 0.1) is 6.92 Å². The fraction of sp³-hybridized carbons (Fsp3) is 0.308.